The Morgan fingerprint density at radius 1 is 1.31 bits per heavy atom. The number of rotatable bonds is 5. The Morgan fingerprint density at radius 3 is 2.88 bits per heavy atom. The van der Waals surface area contributed by atoms with Crippen molar-refractivity contribution in [1.29, 1.82) is 0 Å². The van der Waals surface area contributed by atoms with E-state index in [1.54, 1.807) is 6.08 Å². The van der Waals surface area contributed by atoms with Crippen molar-refractivity contribution in [1.82, 2.24) is 5.32 Å². The minimum Gasteiger partial charge on any atom is -0.302 e. The summed E-state index contributed by atoms with van der Waals surface area (Å²) in [7, 11) is 0. The zero-order chi connectivity index (χ0) is 11.4. The molecule has 16 heavy (non-hydrogen) atoms. The molecule has 2 unspecified atom stereocenters. The predicted molar refractivity (Wildman–Crippen MR) is 69.1 cm³/mol. The molecule has 1 nitrogen and oxygen atoms in total. The maximum absolute atomic E-state index is 3.91. The summed E-state index contributed by atoms with van der Waals surface area (Å²) >= 11 is 0. The Morgan fingerprint density at radius 2 is 2.12 bits per heavy atom. The third kappa shape index (κ3) is 2.10. The molecule has 0 heterocycles. The highest BCUT2D eigenvalue weighted by Crippen LogP contribution is 2.35. The largest absolute Gasteiger partial charge is 0.302 e. The van der Waals surface area contributed by atoms with Crippen molar-refractivity contribution in [3.63, 3.8) is 0 Å². The van der Waals surface area contributed by atoms with E-state index in [4.69, 9.17) is 0 Å². The number of fused-ring (bicyclic) bond motifs is 1. The Hall–Kier alpha value is -1.34. The summed E-state index contributed by atoms with van der Waals surface area (Å²) in [6.45, 7) is 9.50. The molecule has 0 bridgehead atoms. The summed E-state index contributed by atoms with van der Waals surface area (Å²) in [6, 6.07) is 9.01. The molecule has 1 aromatic rings. The molecule has 0 saturated carbocycles. The third-order valence-electron chi connectivity index (χ3n) is 3.27. The highest BCUT2D eigenvalue weighted by molar-refractivity contribution is 5.37. The van der Waals surface area contributed by atoms with Crippen LogP contribution in [0, 0.1) is 6.54 Å². The second-order valence-electron chi connectivity index (χ2n) is 4.17. The van der Waals surface area contributed by atoms with Crippen molar-refractivity contribution in [2.75, 3.05) is 0 Å². The summed E-state index contributed by atoms with van der Waals surface area (Å²) in [5.74, 6) is 0.546. The van der Waals surface area contributed by atoms with Gasteiger partial charge in [0.2, 0.25) is 0 Å². The van der Waals surface area contributed by atoms with Crippen LogP contribution < -0.4 is 5.32 Å². The van der Waals surface area contributed by atoms with Gasteiger partial charge in [-0.3, -0.25) is 0 Å². The smallest absolute Gasteiger partial charge is 0.0444 e. The Kier molecular flexibility index (Phi) is 3.58. The van der Waals surface area contributed by atoms with Crippen LogP contribution in [0.1, 0.15) is 23.5 Å². The molecule has 0 fully saturated rings. The van der Waals surface area contributed by atoms with E-state index in [0.717, 1.165) is 0 Å². The molecular formula is C15H18N. The molecule has 1 radical (unpaired) electrons. The molecule has 0 spiro atoms. The molecule has 0 saturated heterocycles. The highest BCUT2D eigenvalue weighted by Gasteiger charge is 2.27. The second-order valence-corrected chi connectivity index (χ2v) is 4.17. The molecule has 1 aromatic carbocycles. The van der Waals surface area contributed by atoms with Crippen LogP contribution >= 0.6 is 0 Å². The fraction of sp³-hybridized carbons (Fsp3) is 0.267. The lowest BCUT2D eigenvalue weighted by molar-refractivity contribution is 0.538. The number of hydrogen-bond donors (Lipinski definition) is 1. The van der Waals surface area contributed by atoms with Gasteiger partial charge < -0.3 is 5.32 Å². The summed E-state index contributed by atoms with van der Waals surface area (Å²) < 4.78 is 0. The first-order chi connectivity index (χ1) is 7.86. The monoisotopic (exact) mass is 212 g/mol. The van der Waals surface area contributed by atoms with Crippen LogP contribution in [0.5, 0.6) is 0 Å². The van der Waals surface area contributed by atoms with E-state index in [1.165, 1.54) is 24.0 Å². The Labute approximate surface area is 97.9 Å². The van der Waals surface area contributed by atoms with Crippen LogP contribution in [0.3, 0.4) is 0 Å². The van der Waals surface area contributed by atoms with Crippen LogP contribution in [-0.2, 0) is 6.42 Å². The lowest BCUT2D eigenvalue weighted by atomic mass is 9.93. The minimum absolute atomic E-state index is 0.307. The molecule has 0 aromatic heterocycles. The van der Waals surface area contributed by atoms with Crippen molar-refractivity contribution in [3.8, 4) is 0 Å². The van der Waals surface area contributed by atoms with Gasteiger partial charge >= 0.3 is 0 Å². The zero-order valence-corrected chi connectivity index (χ0v) is 9.52. The molecule has 83 valence electrons. The molecular weight excluding hydrogens is 194 g/mol. The summed E-state index contributed by atoms with van der Waals surface area (Å²) in [4.78, 5) is 0. The topological polar surface area (TPSA) is 12.0 Å². The second kappa shape index (κ2) is 5.13. The van der Waals surface area contributed by atoms with E-state index in [2.05, 4.69) is 42.7 Å². The van der Waals surface area contributed by atoms with Crippen molar-refractivity contribution >= 4 is 0 Å². The van der Waals surface area contributed by atoms with Gasteiger partial charge in [0.15, 0.2) is 0 Å². The van der Waals surface area contributed by atoms with E-state index in [1.807, 2.05) is 12.6 Å². The van der Waals surface area contributed by atoms with Crippen LogP contribution in [0.15, 0.2) is 49.6 Å². The summed E-state index contributed by atoms with van der Waals surface area (Å²) in [5, 5.41) is 3.34. The highest BCUT2D eigenvalue weighted by atomic mass is 14.9. The molecule has 1 N–H and O–H groups in total. The minimum atomic E-state index is 0.307. The SMILES string of the molecule is C=C[CH]NC(C=C)C1CCc2ccccc21. The van der Waals surface area contributed by atoms with E-state index in [9.17, 15) is 0 Å². The van der Waals surface area contributed by atoms with Gasteiger partial charge in [0.05, 0.1) is 0 Å². The average Bonchev–Trinajstić information content (AvgIpc) is 2.75. The standard InChI is InChI=1S/C15H18N/c1-3-11-16-15(4-2)14-10-9-12-7-5-6-8-13(12)14/h3-8,11,14-16H,1-2,9-10H2. The maximum atomic E-state index is 3.91. The van der Waals surface area contributed by atoms with E-state index >= 15 is 0 Å². The van der Waals surface area contributed by atoms with Crippen LogP contribution in [0.25, 0.3) is 0 Å². The van der Waals surface area contributed by atoms with E-state index in [-0.39, 0.29) is 0 Å². The average molecular weight is 212 g/mol. The molecule has 1 aliphatic rings. The van der Waals surface area contributed by atoms with Gasteiger partial charge in [0, 0.05) is 18.5 Å². The zero-order valence-electron chi connectivity index (χ0n) is 9.52. The number of nitrogens with one attached hydrogen (secondary N) is 1. The lowest BCUT2D eigenvalue weighted by Crippen LogP contribution is -2.29. The lowest BCUT2D eigenvalue weighted by Gasteiger charge is -2.21. The van der Waals surface area contributed by atoms with Gasteiger partial charge in [-0.15, -0.1) is 13.2 Å². The number of aryl methyl sites for hydroxylation is 1. The normalized spacial score (nSPS) is 20.1. The van der Waals surface area contributed by atoms with Crippen molar-refractivity contribution in [2.24, 2.45) is 0 Å². The first kappa shape index (κ1) is 11.2. The van der Waals surface area contributed by atoms with Gasteiger partial charge in [-0.2, -0.15) is 0 Å². The van der Waals surface area contributed by atoms with Gasteiger partial charge in [-0.05, 0) is 24.0 Å². The first-order valence-electron chi connectivity index (χ1n) is 5.77. The molecule has 2 rings (SSSR count). The quantitative estimate of drug-likeness (QED) is 0.739. The van der Waals surface area contributed by atoms with Gasteiger partial charge in [-0.1, -0.05) is 36.4 Å². The van der Waals surface area contributed by atoms with Crippen molar-refractivity contribution in [2.45, 2.75) is 24.8 Å². The molecule has 2 atom stereocenters. The maximum Gasteiger partial charge on any atom is 0.0444 e. The third-order valence-corrected chi connectivity index (χ3v) is 3.27. The predicted octanol–water partition coefficient (Wildman–Crippen LogP) is 3.21. The summed E-state index contributed by atoms with van der Waals surface area (Å²) in [6.07, 6.45) is 6.15. The Balaban J connectivity index is 2.16. The molecule has 1 aliphatic carbocycles. The van der Waals surface area contributed by atoms with Crippen LogP contribution in [0.2, 0.25) is 0 Å². The number of benzene rings is 1. The first-order valence-corrected chi connectivity index (χ1v) is 5.77. The molecule has 1 heteroatoms. The van der Waals surface area contributed by atoms with Crippen molar-refractivity contribution in [3.05, 3.63) is 67.2 Å². The fourth-order valence-electron chi connectivity index (χ4n) is 2.49. The van der Waals surface area contributed by atoms with Gasteiger partial charge in [-0.25, -0.2) is 0 Å². The van der Waals surface area contributed by atoms with Crippen molar-refractivity contribution < 1.29 is 0 Å². The van der Waals surface area contributed by atoms with E-state index in [0.29, 0.717) is 12.0 Å². The van der Waals surface area contributed by atoms with Gasteiger partial charge in [0.1, 0.15) is 0 Å². The fourth-order valence-corrected chi connectivity index (χ4v) is 2.49. The molecule has 0 aliphatic heterocycles. The van der Waals surface area contributed by atoms with Gasteiger partial charge in [0.25, 0.3) is 0 Å². The van der Waals surface area contributed by atoms with Crippen LogP contribution in [0.4, 0.5) is 0 Å². The molecule has 0 amide bonds. The van der Waals surface area contributed by atoms with E-state index < -0.39 is 0 Å². The van der Waals surface area contributed by atoms with Crippen LogP contribution in [-0.4, -0.2) is 6.04 Å². The summed E-state index contributed by atoms with van der Waals surface area (Å²) in [5.41, 5.74) is 2.96. The Bertz CT molecular complexity index is 381. The number of hydrogen-bond acceptors (Lipinski definition) is 1.